The highest BCUT2D eigenvalue weighted by molar-refractivity contribution is 5.90. The van der Waals surface area contributed by atoms with Gasteiger partial charge < -0.3 is 15.2 Å². The predicted molar refractivity (Wildman–Crippen MR) is 129 cm³/mol. The van der Waals surface area contributed by atoms with Gasteiger partial charge in [0, 0.05) is 31.1 Å². The first-order valence-corrected chi connectivity index (χ1v) is 11.0. The molecule has 0 aliphatic carbocycles. The second kappa shape index (κ2) is 11.7. The van der Waals surface area contributed by atoms with Crippen LogP contribution in [0.15, 0.2) is 66.7 Å². The summed E-state index contributed by atoms with van der Waals surface area (Å²) in [6.07, 6.45) is 1.05. The van der Waals surface area contributed by atoms with Gasteiger partial charge in [-0.2, -0.15) is 0 Å². The van der Waals surface area contributed by atoms with E-state index in [2.05, 4.69) is 10.3 Å². The van der Waals surface area contributed by atoms with Crippen LogP contribution in [0.25, 0.3) is 11.3 Å². The van der Waals surface area contributed by atoms with Crippen LogP contribution >= 0.6 is 0 Å². The maximum atomic E-state index is 12.7. The first-order valence-electron chi connectivity index (χ1n) is 11.0. The highest BCUT2D eigenvalue weighted by Gasteiger charge is 2.16. The Bertz CT molecular complexity index is 1090. The Morgan fingerprint density at radius 2 is 1.76 bits per heavy atom. The number of urea groups is 1. The maximum absolute atomic E-state index is 12.7. The van der Waals surface area contributed by atoms with Gasteiger partial charge in [0.05, 0.1) is 12.3 Å². The molecule has 3 rings (SSSR count). The highest BCUT2D eigenvalue weighted by Crippen LogP contribution is 2.32. The number of carboxylic acid groups (broad SMARTS) is 1. The normalized spacial score (nSPS) is 10.5. The molecular weight excluding hydrogens is 418 g/mol. The Morgan fingerprint density at radius 3 is 2.48 bits per heavy atom. The molecule has 172 valence electrons. The molecule has 0 unspecified atom stereocenters. The number of benzene rings is 2. The molecule has 3 aromatic rings. The molecule has 0 fully saturated rings. The van der Waals surface area contributed by atoms with Gasteiger partial charge in [0.15, 0.2) is 0 Å². The van der Waals surface area contributed by atoms with E-state index in [-0.39, 0.29) is 12.5 Å². The number of carbonyl (C=O) groups excluding carboxylic acids is 1. The van der Waals surface area contributed by atoms with Crippen molar-refractivity contribution in [3.8, 4) is 17.0 Å². The zero-order valence-corrected chi connectivity index (χ0v) is 19.0. The minimum absolute atomic E-state index is 0.0134. The standard InChI is InChI=1S/C26H29N3O4/c1-3-33-23-13-7-11-20(21(23)15-16-25(30)31)22-12-8-14-24(28-22)29(2)26(32)27-18-17-19-9-5-4-6-10-19/h4-14H,3,15-18H2,1-2H3,(H,27,32)(H,30,31). The van der Waals surface area contributed by atoms with Crippen molar-refractivity contribution < 1.29 is 19.4 Å². The van der Waals surface area contributed by atoms with Gasteiger partial charge in [-0.3, -0.25) is 9.69 Å². The number of rotatable bonds is 10. The number of pyridine rings is 1. The van der Waals surface area contributed by atoms with Gasteiger partial charge >= 0.3 is 12.0 Å². The lowest BCUT2D eigenvalue weighted by atomic mass is 9.98. The first kappa shape index (κ1) is 23.8. The van der Waals surface area contributed by atoms with Gasteiger partial charge in [-0.1, -0.05) is 48.5 Å². The van der Waals surface area contributed by atoms with Gasteiger partial charge in [0.2, 0.25) is 0 Å². The summed E-state index contributed by atoms with van der Waals surface area (Å²) in [5.74, 6) is 0.270. The number of ether oxygens (including phenoxy) is 1. The van der Waals surface area contributed by atoms with Crippen LogP contribution in [0.5, 0.6) is 5.75 Å². The number of nitrogens with zero attached hydrogens (tertiary/aromatic N) is 2. The second-order valence-corrected chi connectivity index (χ2v) is 7.52. The topological polar surface area (TPSA) is 91.8 Å². The third-order valence-electron chi connectivity index (χ3n) is 5.21. The lowest BCUT2D eigenvalue weighted by Crippen LogP contribution is -2.38. The van der Waals surface area contributed by atoms with Crippen molar-refractivity contribution in [3.63, 3.8) is 0 Å². The number of amides is 2. The van der Waals surface area contributed by atoms with Crippen LogP contribution in [0.4, 0.5) is 10.6 Å². The maximum Gasteiger partial charge on any atom is 0.322 e. The van der Waals surface area contributed by atoms with Gasteiger partial charge in [0.1, 0.15) is 11.6 Å². The van der Waals surface area contributed by atoms with Crippen molar-refractivity contribution in [2.75, 3.05) is 25.1 Å². The Morgan fingerprint density at radius 1 is 1.00 bits per heavy atom. The van der Waals surface area contributed by atoms with E-state index >= 15 is 0 Å². The van der Waals surface area contributed by atoms with Crippen molar-refractivity contribution in [1.82, 2.24) is 10.3 Å². The van der Waals surface area contributed by atoms with Crippen LogP contribution < -0.4 is 15.0 Å². The summed E-state index contributed by atoms with van der Waals surface area (Å²) in [6.45, 7) is 2.88. The van der Waals surface area contributed by atoms with Crippen LogP contribution in [0.1, 0.15) is 24.5 Å². The molecule has 2 aromatic carbocycles. The summed E-state index contributed by atoms with van der Waals surface area (Å²) in [5.41, 5.74) is 3.39. The number of aromatic nitrogens is 1. The SMILES string of the molecule is CCOc1cccc(-c2cccc(N(C)C(=O)NCCc3ccccc3)n2)c1CCC(=O)O. The fourth-order valence-electron chi connectivity index (χ4n) is 3.53. The molecule has 7 heteroatoms. The number of carbonyl (C=O) groups is 2. The lowest BCUT2D eigenvalue weighted by Gasteiger charge is -2.19. The van der Waals surface area contributed by atoms with Crippen LogP contribution in [0.3, 0.4) is 0 Å². The van der Waals surface area contributed by atoms with Crippen molar-refractivity contribution in [3.05, 3.63) is 77.9 Å². The number of hydrogen-bond donors (Lipinski definition) is 2. The van der Waals surface area contributed by atoms with Crippen LogP contribution in [-0.4, -0.2) is 42.3 Å². The molecule has 1 aromatic heterocycles. The molecule has 2 N–H and O–H groups in total. The quantitative estimate of drug-likeness (QED) is 0.476. The number of aliphatic carboxylic acids is 1. The van der Waals surface area contributed by atoms with E-state index in [0.29, 0.717) is 36.8 Å². The molecule has 7 nitrogen and oxygen atoms in total. The molecule has 1 heterocycles. The second-order valence-electron chi connectivity index (χ2n) is 7.52. The molecule has 0 aliphatic rings. The summed E-state index contributed by atoms with van der Waals surface area (Å²) in [5, 5.41) is 12.1. The van der Waals surface area contributed by atoms with E-state index in [1.807, 2.05) is 67.6 Å². The number of hydrogen-bond acceptors (Lipinski definition) is 4. The summed E-state index contributed by atoms with van der Waals surface area (Å²) >= 11 is 0. The van der Waals surface area contributed by atoms with E-state index in [0.717, 1.165) is 23.1 Å². The summed E-state index contributed by atoms with van der Waals surface area (Å²) in [4.78, 5) is 30.0. The largest absolute Gasteiger partial charge is 0.494 e. The molecule has 2 amide bonds. The number of nitrogens with one attached hydrogen (secondary N) is 1. The molecule has 0 bridgehead atoms. The van der Waals surface area contributed by atoms with E-state index in [9.17, 15) is 14.7 Å². The molecule has 0 spiro atoms. The Hall–Kier alpha value is -3.87. The third kappa shape index (κ3) is 6.55. The molecule has 0 saturated heterocycles. The van der Waals surface area contributed by atoms with Crippen molar-refractivity contribution in [2.45, 2.75) is 26.2 Å². The molecule has 0 aliphatic heterocycles. The molecule has 0 radical (unpaired) electrons. The van der Waals surface area contributed by atoms with E-state index in [1.54, 1.807) is 13.1 Å². The fraction of sp³-hybridized carbons (Fsp3) is 0.269. The van der Waals surface area contributed by atoms with Crippen LogP contribution in [0.2, 0.25) is 0 Å². The lowest BCUT2D eigenvalue weighted by molar-refractivity contribution is -0.136. The zero-order chi connectivity index (χ0) is 23.6. The zero-order valence-electron chi connectivity index (χ0n) is 19.0. The number of carboxylic acids is 1. The molecule has 0 saturated carbocycles. The monoisotopic (exact) mass is 447 g/mol. The van der Waals surface area contributed by atoms with Crippen molar-refractivity contribution >= 4 is 17.8 Å². The summed E-state index contributed by atoms with van der Waals surface area (Å²) < 4.78 is 5.73. The van der Waals surface area contributed by atoms with Crippen molar-refractivity contribution in [2.24, 2.45) is 0 Å². The average molecular weight is 448 g/mol. The Labute approximate surface area is 194 Å². The number of anilines is 1. The van der Waals surface area contributed by atoms with Gasteiger partial charge in [-0.15, -0.1) is 0 Å². The predicted octanol–water partition coefficient (Wildman–Crippen LogP) is 4.55. The van der Waals surface area contributed by atoms with E-state index in [4.69, 9.17) is 4.74 Å². The minimum atomic E-state index is -0.874. The van der Waals surface area contributed by atoms with Crippen LogP contribution in [0, 0.1) is 0 Å². The first-order chi connectivity index (χ1) is 16.0. The third-order valence-corrected chi connectivity index (χ3v) is 5.21. The average Bonchev–Trinajstić information content (AvgIpc) is 2.83. The summed E-state index contributed by atoms with van der Waals surface area (Å²) in [7, 11) is 1.67. The highest BCUT2D eigenvalue weighted by atomic mass is 16.5. The van der Waals surface area contributed by atoms with E-state index < -0.39 is 5.97 Å². The van der Waals surface area contributed by atoms with Crippen molar-refractivity contribution in [1.29, 1.82) is 0 Å². The Kier molecular flexibility index (Phi) is 8.41. The molecule has 33 heavy (non-hydrogen) atoms. The summed E-state index contributed by atoms with van der Waals surface area (Å²) in [6, 6.07) is 20.8. The smallest absolute Gasteiger partial charge is 0.322 e. The van der Waals surface area contributed by atoms with E-state index in [1.165, 1.54) is 4.90 Å². The van der Waals surface area contributed by atoms with Gasteiger partial charge in [-0.25, -0.2) is 9.78 Å². The van der Waals surface area contributed by atoms with Crippen LogP contribution in [-0.2, 0) is 17.6 Å². The molecule has 0 atom stereocenters. The van der Waals surface area contributed by atoms with Gasteiger partial charge in [-0.05, 0) is 43.5 Å². The minimum Gasteiger partial charge on any atom is -0.494 e. The Balaban J connectivity index is 1.77. The fourth-order valence-corrected chi connectivity index (χ4v) is 3.53. The van der Waals surface area contributed by atoms with Gasteiger partial charge in [0.25, 0.3) is 0 Å². The molecular formula is C26H29N3O4.